The first-order chi connectivity index (χ1) is 8.97. The third-order valence-corrected chi connectivity index (χ3v) is 3.06. The molecular formula is C11H14ClN5O2. The van der Waals surface area contributed by atoms with Crippen molar-refractivity contribution in [1.29, 1.82) is 0 Å². The average molecular weight is 284 g/mol. The normalized spacial score (nSPS) is 10.7. The van der Waals surface area contributed by atoms with E-state index >= 15 is 0 Å². The molecule has 0 bridgehead atoms. The lowest BCUT2D eigenvalue weighted by Crippen LogP contribution is -2.14. The zero-order valence-electron chi connectivity index (χ0n) is 10.6. The number of nitrogens with two attached hydrogens (primary N) is 1. The van der Waals surface area contributed by atoms with E-state index in [-0.39, 0.29) is 13.2 Å². The minimum Gasteiger partial charge on any atom is -0.459 e. The molecule has 0 saturated carbocycles. The topological polar surface area (TPSA) is 88.0 Å². The Hall–Kier alpha value is -2.02. The van der Waals surface area contributed by atoms with Crippen LogP contribution in [0.1, 0.15) is 11.3 Å². The summed E-state index contributed by atoms with van der Waals surface area (Å²) in [6.07, 6.45) is 3.03. The largest absolute Gasteiger partial charge is 0.459 e. The number of nitrogen functional groups attached to an aromatic ring is 1. The molecule has 0 amide bonds. The molecule has 0 saturated heterocycles. The maximum absolute atomic E-state index is 11.6. The van der Waals surface area contributed by atoms with Crippen molar-refractivity contribution in [1.82, 2.24) is 19.6 Å². The van der Waals surface area contributed by atoms with Gasteiger partial charge in [-0.25, -0.2) is 0 Å². The summed E-state index contributed by atoms with van der Waals surface area (Å²) < 4.78 is 8.09. The molecule has 0 aromatic carbocycles. The second-order valence-electron chi connectivity index (χ2n) is 4.11. The summed E-state index contributed by atoms with van der Waals surface area (Å²) in [4.78, 5) is 11.6. The maximum atomic E-state index is 11.6. The Morgan fingerprint density at radius 2 is 2.32 bits per heavy atom. The van der Waals surface area contributed by atoms with Crippen molar-refractivity contribution in [3.05, 3.63) is 28.8 Å². The summed E-state index contributed by atoms with van der Waals surface area (Å²) in [7, 11) is 1.73. The van der Waals surface area contributed by atoms with E-state index in [4.69, 9.17) is 22.1 Å². The Kier molecular flexibility index (Phi) is 3.75. The van der Waals surface area contributed by atoms with E-state index in [2.05, 4.69) is 10.2 Å². The number of carbonyl (C=O) groups is 1. The van der Waals surface area contributed by atoms with E-state index in [9.17, 15) is 4.79 Å². The zero-order valence-corrected chi connectivity index (χ0v) is 11.4. The molecule has 2 heterocycles. The molecule has 102 valence electrons. The van der Waals surface area contributed by atoms with E-state index in [0.717, 1.165) is 5.69 Å². The summed E-state index contributed by atoms with van der Waals surface area (Å²) in [5.74, 6) is -0.414. The van der Waals surface area contributed by atoms with Gasteiger partial charge in [0.25, 0.3) is 0 Å². The van der Waals surface area contributed by atoms with Crippen LogP contribution in [0, 0.1) is 6.92 Å². The van der Waals surface area contributed by atoms with Crippen molar-refractivity contribution in [2.45, 2.75) is 20.1 Å². The van der Waals surface area contributed by atoms with Gasteiger partial charge in [-0.15, -0.1) is 0 Å². The van der Waals surface area contributed by atoms with Crippen LogP contribution >= 0.6 is 11.6 Å². The SMILES string of the molecule is Cc1nn(C)c(Cl)c1COC(=O)Cn1cc(N)cn1. The second-order valence-corrected chi connectivity index (χ2v) is 4.47. The van der Waals surface area contributed by atoms with Crippen molar-refractivity contribution >= 4 is 23.3 Å². The minimum atomic E-state index is -0.414. The van der Waals surface area contributed by atoms with Crippen LogP contribution in [-0.2, 0) is 29.7 Å². The zero-order chi connectivity index (χ0) is 14.0. The average Bonchev–Trinajstić information content (AvgIpc) is 2.83. The molecule has 0 fully saturated rings. The lowest BCUT2D eigenvalue weighted by Gasteiger charge is -2.04. The van der Waals surface area contributed by atoms with Crippen LogP contribution in [0.3, 0.4) is 0 Å². The van der Waals surface area contributed by atoms with E-state index in [1.807, 2.05) is 6.92 Å². The van der Waals surface area contributed by atoms with Crippen molar-refractivity contribution in [3.8, 4) is 0 Å². The Balaban J connectivity index is 1.93. The van der Waals surface area contributed by atoms with E-state index in [1.165, 1.54) is 15.6 Å². The lowest BCUT2D eigenvalue weighted by molar-refractivity contribution is -0.145. The number of hydrogen-bond acceptors (Lipinski definition) is 5. The van der Waals surface area contributed by atoms with Crippen LogP contribution in [0.2, 0.25) is 5.15 Å². The van der Waals surface area contributed by atoms with Gasteiger partial charge in [0.1, 0.15) is 18.3 Å². The number of aromatic nitrogens is 4. The van der Waals surface area contributed by atoms with Gasteiger partial charge in [0.2, 0.25) is 0 Å². The summed E-state index contributed by atoms with van der Waals surface area (Å²) in [5, 5.41) is 8.50. The van der Waals surface area contributed by atoms with Gasteiger partial charge >= 0.3 is 5.97 Å². The molecule has 7 nitrogen and oxygen atoms in total. The Bertz CT molecular complexity index is 604. The highest BCUT2D eigenvalue weighted by atomic mass is 35.5. The molecule has 2 rings (SSSR count). The molecule has 0 aliphatic rings. The highest BCUT2D eigenvalue weighted by Crippen LogP contribution is 2.19. The van der Waals surface area contributed by atoms with Gasteiger partial charge in [-0.05, 0) is 6.92 Å². The van der Waals surface area contributed by atoms with Gasteiger partial charge in [0.15, 0.2) is 0 Å². The number of rotatable bonds is 4. The molecule has 2 aromatic heterocycles. The molecule has 0 aliphatic heterocycles. The number of carbonyl (C=O) groups excluding carboxylic acids is 1. The molecule has 19 heavy (non-hydrogen) atoms. The fourth-order valence-corrected chi connectivity index (χ4v) is 1.86. The molecule has 2 N–H and O–H groups in total. The number of esters is 1. The predicted octanol–water partition coefficient (Wildman–Crippen LogP) is 0.904. The van der Waals surface area contributed by atoms with E-state index in [0.29, 0.717) is 16.4 Å². The number of aryl methyl sites for hydroxylation is 2. The van der Waals surface area contributed by atoms with Crippen LogP contribution in [0.25, 0.3) is 0 Å². The number of hydrogen-bond donors (Lipinski definition) is 1. The molecule has 0 spiro atoms. The van der Waals surface area contributed by atoms with E-state index in [1.54, 1.807) is 13.2 Å². The van der Waals surface area contributed by atoms with Gasteiger partial charge in [0, 0.05) is 18.8 Å². The molecular weight excluding hydrogens is 270 g/mol. The first kappa shape index (κ1) is 13.4. The van der Waals surface area contributed by atoms with Crippen LogP contribution in [0.5, 0.6) is 0 Å². The van der Waals surface area contributed by atoms with Crippen molar-refractivity contribution < 1.29 is 9.53 Å². The van der Waals surface area contributed by atoms with Gasteiger partial charge in [0.05, 0.1) is 17.6 Å². The highest BCUT2D eigenvalue weighted by molar-refractivity contribution is 6.30. The molecule has 0 atom stereocenters. The van der Waals surface area contributed by atoms with Gasteiger partial charge in [-0.1, -0.05) is 11.6 Å². The van der Waals surface area contributed by atoms with Gasteiger partial charge < -0.3 is 10.5 Å². The molecule has 2 aromatic rings. The standard InChI is InChI=1S/C11H14ClN5O2/c1-7-9(11(12)16(2)15-7)6-19-10(18)5-17-4-8(13)3-14-17/h3-4H,5-6,13H2,1-2H3. The van der Waals surface area contributed by atoms with Crippen LogP contribution < -0.4 is 5.73 Å². The Morgan fingerprint density at radius 3 is 2.84 bits per heavy atom. The van der Waals surface area contributed by atoms with Crippen molar-refractivity contribution in [3.63, 3.8) is 0 Å². The van der Waals surface area contributed by atoms with Gasteiger partial charge in [-0.2, -0.15) is 10.2 Å². The number of ether oxygens (including phenoxy) is 1. The third kappa shape index (κ3) is 3.05. The smallest absolute Gasteiger partial charge is 0.328 e. The first-order valence-electron chi connectivity index (χ1n) is 5.59. The number of nitrogens with zero attached hydrogens (tertiary/aromatic N) is 4. The summed E-state index contributed by atoms with van der Waals surface area (Å²) in [5.41, 5.74) is 7.44. The fraction of sp³-hybridized carbons (Fsp3) is 0.364. The number of anilines is 1. The van der Waals surface area contributed by atoms with Gasteiger partial charge in [-0.3, -0.25) is 14.2 Å². The molecule has 0 radical (unpaired) electrons. The van der Waals surface area contributed by atoms with Crippen LogP contribution in [0.4, 0.5) is 5.69 Å². The number of halogens is 1. The molecule has 0 aliphatic carbocycles. The highest BCUT2D eigenvalue weighted by Gasteiger charge is 2.13. The minimum absolute atomic E-state index is 0.00806. The Labute approximate surface area is 114 Å². The summed E-state index contributed by atoms with van der Waals surface area (Å²) in [6.45, 7) is 1.91. The van der Waals surface area contributed by atoms with E-state index < -0.39 is 5.97 Å². The Morgan fingerprint density at radius 1 is 1.58 bits per heavy atom. The predicted molar refractivity (Wildman–Crippen MR) is 69.4 cm³/mol. The quantitative estimate of drug-likeness (QED) is 0.843. The summed E-state index contributed by atoms with van der Waals surface area (Å²) >= 11 is 6.04. The molecule has 0 unspecified atom stereocenters. The van der Waals surface area contributed by atoms with Crippen LogP contribution in [-0.4, -0.2) is 25.5 Å². The van der Waals surface area contributed by atoms with Crippen LogP contribution in [0.15, 0.2) is 12.4 Å². The lowest BCUT2D eigenvalue weighted by atomic mass is 10.3. The van der Waals surface area contributed by atoms with Crippen molar-refractivity contribution in [2.24, 2.45) is 7.05 Å². The van der Waals surface area contributed by atoms with Crippen molar-refractivity contribution in [2.75, 3.05) is 5.73 Å². The second kappa shape index (κ2) is 5.31. The first-order valence-corrected chi connectivity index (χ1v) is 5.96. The fourth-order valence-electron chi connectivity index (χ4n) is 1.63. The molecule has 8 heteroatoms. The summed E-state index contributed by atoms with van der Waals surface area (Å²) in [6, 6.07) is 0. The maximum Gasteiger partial charge on any atom is 0.328 e. The third-order valence-electron chi connectivity index (χ3n) is 2.59. The monoisotopic (exact) mass is 283 g/mol.